The van der Waals surface area contributed by atoms with Crippen LogP contribution in [0, 0.1) is 0 Å². The molecule has 0 radical (unpaired) electrons. The van der Waals surface area contributed by atoms with Gasteiger partial charge in [0.25, 0.3) is 0 Å². The van der Waals surface area contributed by atoms with Crippen molar-refractivity contribution in [2.75, 3.05) is 0 Å². The number of halogens is 4. The highest BCUT2D eigenvalue weighted by molar-refractivity contribution is 7.64. The van der Waals surface area contributed by atoms with Crippen molar-refractivity contribution in [3.8, 4) is 0 Å². The third-order valence-electron chi connectivity index (χ3n) is 0. The van der Waals surface area contributed by atoms with Crippen LogP contribution in [0.25, 0.3) is 0 Å². The Morgan fingerprint density at radius 1 is 1.17 bits per heavy atom. The largest absolute Gasteiger partial charge is 0.338 e. The lowest BCUT2D eigenvalue weighted by molar-refractivity contribution is 2.31. The van der Waals surface area contributed by atoms with Crippen molar-refractivity contribution in [2.24, 2.45) is 0 Å². The van der Waals surface area contributed by atoms with Crippen molar-refractivity contribution < 1.29 is 0 Å². The van der Waals surface area contributed by atoms with Crippen LogP contribution in [0.15, 0.2) is 0 Å². The van der Waals surface area contributed by atoms with E-state index in [4.69, 9.17) is 33.2 Å². The van der Waals surface area contributed by atoms with Gasteiger partial charge in [-0.2, -0.15) is 0 Å². The molecule has 0 amide bonds. The smallest absolute Gasteiger partial charge is 0.147 e. The van der Waals surface area contributed by atoms with Crippen LogP contribution < -0.4 is 0 Å². The van der Waals surface area contributed by atoms with E-state index < -0.39 is 6.00 Å². The van der Waals surface area contributed by atoms with Crippen LogP contribution in [0.2, 0.25) is 6.55 Å². The Labute approximate surface area is 58.3 Å². The van der Waals surface area contributed by atoms with Gasteiger partial charge in [0.05, 0.1) is 0 Å². The van der Waals surface area contributed by atoms with Crippen LogP contribution in [0.3, 0.4) is 0 Å². The summed E-state index contributed by atoms with van der Waals surface area (Å²) in [5, 5.41) is 0. The van der Waals surface area contributed by atoms with Gasteiger partial charge in [-0.25, -0.2) is 0 Å². The predicted molar refractivity (Wildman–Crippen MR) is 36.4 cm³/mol. The molecule has 0 fully saturated rings. The summed E-state index contributed by atoms with van der Waals surface area (Å²) in [4.78, 5) is 0. The molecule has 0 rings (SSSR count). The Balaban J connectivity index is 0. The minimum atomic E-state index is -2.19. The zero-order valence-electron chi connectivity index (χ0n) is 3.04. The molecule has 0 aliphatic carbocycles. The minimum Gasteiger partial charge on any atom is -0.147 e. The fourth-order valence-electron chi connectivity index (χ4n) is 0. The van der Waals surface area contributed by atoms with E-state index in [1.54, 1.807) is 6.55 Å². The Morgan fingerprint density at radius 2 is 1.17 bits per heavy atom. The van der Waals surface area contributed by atoms with Crippen molar-refractivity contribution in [1.82, 2.24) is 0 Å². The molecule has 0 unspecified atom stereocenters. The summed E-state index contributed by atoms with van der Waals surface area (Å²) >= 11 is 15.6. The van der Waals surface area contributed by atoms with Gasteiger partial charge in [0, 0.05) is 0 Å². The molecule has 0 nitrogen and oxygen atoms in total. The zero-order chi connectivity index (χ0) is 4.50. The molecule has 0 saturated heterocycles. The van der Waals surface area contributed by atoms with E-state index in [9.17, 15) is 0 Å². The van der Waals surface area contributed by atoms with E-state index >= 15 is 0 Å². The van der Waals surface area contributed by atoms with E-state index in [2.05, 4.69) is 0 Å². The van der Waals surface area contributed by atoms with Crippen molar-refractivity contribution in [3.05, 3.63) is 0 Å². The molecule has 0 aromatic carbocycles. The van der Waals surface area contributed by atoms with Crippen molar-refractivity contribution in [3.63, 3.8) is 0 Å². The van der Waals surface area contributed by atoms with Gasteiger partial charge in [-0.1, -0.05) is 0 Å². The van der Waals surface area contributed by atoms with Crippen LogP contribution in [-0.2, 0) is 0 Å². The summed E-state index contributed by atoms with van der Waals surface area (Å²) in [6, 6.07) is -2.19. The lowest BCUT2D eigenvalue weighted by Crippen LogP contribution is -1.97. The molecule has 40 valence electrons. The second-order valence-corrected chi connectivity index (χ2v) is 10.9. The molecule has 0 atom stereocenters. The molecular weight excluding hydrogens is 182 g/mol. The Morgan fingerprint density at radius 3 is 1.17 bits per heavy atom. The van der Waals surface area contributed by atoms with E-state index in [1.807, 2.05) is 0 Å². The standard InChI is InChI=1S/CH3Cl3Si.ClH/c1-5(2,3)4;/h1H3;1H. The number of hydrogen-bond donors (Lipinski definition) is 0. The average Bonchev–Trinajstić information content (AvgIpc) is 0.722. The lowest BCUT2D eigenvalue weighted by Gasteiger charge is -1.89. The molecule has 0 aromatic rings. The highest BCUT2D eigenvalue weighted by atomic mass is 35.8. The van der Waals surface area contributed by atoms with Crippen molar-refractivity contribution in [2.45, 2.75) is 6.55 Å². The van der Waals surface area contributed by atoms with Gasteiger partial charge in [-0.15, -0.1) is 45.6 Å². The predicted octanol–water partition coefficient (Wildman–Crippen LogP) is 2.69. The van der Waals surface area contributed by atoms with Gasteiger partial charge < -0.3 is 0 Å². The molecule has 0 saturated carbocycles. The lowest BCUT2D eigenvalue weighted by atomic mass is 11.9. The third-order valence-corrected chi connectivity index (χ3v) is 0. The van der Waals surface area contributed by atoms with Crippen LogP contribution in [0.5, 0.6) is 0 Å². The number of rotatable bonds is 0. The molecule has 0 spiro atoms. The van der Waals surface area contributed by atoms with Gasteiger partial charge >= 0.3 is 6.00 Å². The topological polar surface area (TPSA) is 0 Å². The molecule has 0 heterocycles. The highest BCUT2D eigenvalue weighted by Gasteiger charge is 2.13. The van der Waals surface area contributed by atoms with Gasteiger partial charge in [-0.3, -0.25) is 0 Å². The van der Waals surface area contributed by atoms with Crippen LogP contribution >= 0.6 is 45.6 Å². The van der Waals surface area contributed by atoms with Crippen LogP contribution in [0.4, 0.5) is 0 Å². The first-order valence-corrected chi connectivity index (χ1v) is 6.60. The second-order valence-electron chi connectivity index (χ2n) is 0.781. The zero-order valence-corrected chi connectivity index (χ0v) is 7.13. The Hall–Kier alpha value is 1.38. The van der Waals surface area contributed by atoms with Crippen LogP contribution in [-0.4, -0.2) is 6.00 Å². The van der Waals surface area contributed by atoms with Crippen molar-refractivity contribution in [1.29, 1.82) is 0 Å². The maximum Gasteiger partial charge on any atom is 0.338 e. The van der Waals surface area contributed by atoms with E-state index in [1.165, 1.54) is 0 Å². The molecule has 5 heteroatoms. The summed E-state index contributed by atoms with van der Waals surface area (Å²) < 4.78 is 0. The first-order chi connectivity index (χ1) is 2.00. The summed E-state index contributed by atoms with van der Waals surface area (Å²) in [6.07, 6.45) is 0. The third kappa shape index (κ3) is 54.3. The van der Waals surface area contributed by atoms with Gasteiger partial charge in [-0.05, 0) is 6.55 Å². The van der Waals surface area contributed by atoms with E-state index in [0.29, 0.717) is 0 Å². The highest BCUT2D eigenvalue weighted by Crippen LogP contribution is 2.17. The summed E-state index contributed by atoms with van der Waals surface area (Å²) in [6.45, 7) is 1.62. The maximum atomic E-state index is 5.20. The fourth-order valence-corrected chi connectivity index (χ4v) is 0. The van der Waals surface area contributed by atoms with E-state index in [-0.39, 0.29) is 12.4 Å². The summed E-state index contributed by atoms with van der Waals surface area (Å²) in [5.41, 5.74) is 0. The van der Waals surface area contributed by atoms with Gasteiger partial charge in [0.2, 0.25) is 0 Å². The molecule has 0 aliphatic rings. The summed E-state index contributed by atoms with van der Waals surface area (Å²) in [7, 11) is 0. The maximum absolute atomic E-state index is 5.20. The molecule has 0 N–H and O–H groups in total. The first kappa shape index (κ1) is 10.4. The molecule has 0 bridgehead atoms. The Bertz CT molecular complexity index is 23.0. The fraction of sp³-hybridized carbons (Fsp3) is 1.00. The molecular formula is CH4Cl4Si. The van der Waals surface area contributed by atoms with Gasteiger partial charge in [0.15, 0.2) is 0 Å². The molecule has 0 aromatic heterocycles. The van der Waals surface area contributed by atoms with Gasteiger partial charge in [0.1, 0.15) is 0 Å². The van der Waals surface area contributed by atoms with Crippen molar-refractivity contribution >= 4 is 51.6 Å². The quantitative estimate of drug-likeness (QED) is 0.403. The van der Waals surface area contributed by atoms with Crippen LogP contribution in [0.1, 0.15) is 0 Å². The Kier molecular flexibility index (Phi) is 5.86. The average molecular weight is 186 g/mol. The molecule has 0 aliphatic heterocycles. The minimum absolute atomic E-state index is 0. The van der Waals surface area contributed by atoms with E-state index in [0.717, 1.165) is 0 Å². The monoisotopic (exact) mass is 184 g/mol. The first-order valence-electron chi connectivity index (χ1n) is 1.07. The molecule has 6 heavy (non-hydrogen) atoms. The summed E-state index contributed by atoms with van der Waals surface area (Å²) in [5.74, 6) is 0. The second kappa shape index (κ2) is 3.39. The SMILES string of the molecule is C[Si](Cl)(Cl)Cl.Cl. The normalized spacial score (nSPS) is 10.0. The number of hydrogen-bond acceptors (Lipinski definition) is 0.